The van der Waals surface area contributed by atoms with Gasteiger partial charge < -0.3 is 32.3 Å². The van der Waals surface area contributed by atoms with Crippen LogP contribution in [0.1, 0.15) is 62.5 Å². The SMILES string of the molecule is NCCNCCC[C@H]1CN(C(=O)[C@H](N)Cc2ccc3ccccc3c2)[C@H](CC2CCCCC2)CN1C(=O)[C@H](N)Cc1ccc2ccccc2c1. The highest BCUT2D eigenvalue weighted by Gasteiger charge is 2.41. The molecule has 1 saturated heterocycles. The Hall–Kier alpha value is -3.82. The second-order valence-corrected chi connectivity index (χ2v) is 14.7. The second-order valence-electron chi connectivity index (χ2n) is 14.7. The lowest BCUT2D eigenvalue weighted by atomic mass is 9.83. The van der Waals surface area contributed by atoms with E-state index in [9.17, 15) is 9.59 Å². The summed E-state index contributed by atoms with van der Waals surface area (Å²) in [7, 11) is 0. The fraction of sp³-hybridized carbons (Fsp3) is 0.476. The van der Waals surface area contributed by atoms with Crippen molar-refractivity contribution in [1.82, 2.24) is 15.1 Å². The predicted octanol–water partition coefficient (Wildman–Crippen LogP) is 5.14. The molecule has 1 heterocycles. The smallest absolute Gasteiger partial charge is 0.240 e. The summed E-state index contributed by atoms with van der Waals surface area (Å²) in [6, 6.07) is 27.6. The molecule has 4 atom stereocenters. The molecular formula is C42H56N6O2. The van der Waals surface area contributed by atoms with Crippen molar-refractivity contribution in [3.8, 4) is 0 Å². The molecule has 2 fully saturated rings. The molecule has 7 N–H and O–H groups in total. The Morgan fingerprint density at radius 2 is 1.20 bits per heavy atom. The quantitative estimate of drug-likeness (QED) is 0.137. The Morgan fingerprint density at radius 1 is 0.680 bits per heavy atom. The van der Waals surface area contributed by atoms with Gasteiger partial charge in [-0.15, -0.1) is 0 Å². The molecule has 1 aliphatic carbocycles. The highest BCUT2D eigenvalue weighted by molar-refractivity contribution is 5.87. The monoisotopic (exact) mass is 676 g/mol. The summed E-state index contributed by atoms with van der Waals surface area (Å²) in [4.78, 5) is 32.8. The number of nitrogens with two attached hydrogens (primary N) is 3. The summed E-state index contributed by atoms with van der Waals surface area (Å²) >= 11 is 0. The predicted molar refractivity (Wildman–Crippen MR) is 205 cm³/mol. The van der Waals surface area contributed by atoms with Crippen molar-refractivity contribution in [2.45, 2.75) is 88.4 Å². The van der Waals surface area contributed by atoms with E-state index in [1.54, 1.807) is 0 Å². The van der Waals surface area contributed by atoms with Crippen LogP contribution in [0.5, 0.6) is 0 Å². The van der Waals surface area contributed by atoms with Crippen LogP contribution in [-0.4, -0.2) is 78.5 Å². The van der Waals surface area contributed by atoms with Gasteiger partial charge in [0, 0.05) is 38.3 Å². The number of carbonyl (C=O) groups is 2. The van der Waals surface area contributed by atoms with Gasteiger partial charge in [0.25, 0.3) is 0 Å². The summed E-state index contributed by atoms with van der Waals surface area (Å²) in [5, 5.41) is 8.03. The lowest BCUT2D eigenvalue weighted by Crippen LogP contribution is -2.65. The molecule has 0 bridgehead atoms. The fourth-order valence-electron chi connectivity index (χ4n) is 8.28. The zero-order valence-electron chi connectivity index (χ0n) is 29.5. The first-order valence-corrected chi connectivity index (χ1v) is 18.9. The summed E-state index contributed by atoms with van der Waals surface area (Å²) in [6.45, 7) is 3.11. The van der Waals surface area contributed by atoms with E-state index < -0.39 is 12.1 Å². The first-order valence-electron chi connectivity index (χ1n) is 18.9. The maximum absolute atomic E-state index is 14.4. The van der Waals surface area contributed by atoms with Crippen molar-refractivity contribution >= 4 is 33.4 Å². The third-order valence-electron chi connectivity index (χ3n) is 11.0. The third kappa shape index (κ3) is 9.09. The molecule has 0 spiro atoms. The molecule has 2 amide bonds. The molecule has 4 aromatic carbocycles. The van der Waals surface area contributed by atoms with Gasteiger partial charge in [-0.1, -0.05) is 117 Å². The molecule has 0 radical (unpaired) electrons. The molecule has 1 saturated carbocycles. The lowest BCUT2D eigenvalue weighted by Gasteiger charge is -2.49. The van der Waals surface area contributed by atoms with Crippen LogP contribution in [0.2, 0.25) is 0 Å². The van der Waals surface area contributed by atoms with Gasteiger partial charge in [-0.05, 0) is 77.2 Å². The van der Waals surface area contributed by atoms with Crippen molar-refractivity contribution in [2.75, 3.05) is 32.7 Å². The third-order valence-corrected chi connectivity index (χ3v) is 11.0. The Balaban J connectivity index is 1.22. The highest BCUT2D eigenvalue weighted by Crippen LogP contribution is 2.32. The van der Waals surface area contributed by atoms with Crippen molar-refractivity contribution in [3.63, 3.8) is 0 Å². The Labute approximate surface area is 297 Å². The van der Waals surface area contributed by atoms with Gasteiger partial charge in [0.1, 0.15) is 0 Å². The van der Waals surface area contributed by atoms with Crippen LogP contribution < -0.4 is 22.5 Å². The standard InChI is InChI=1S/C42H56N6O2/c43-20-22-46-21-8-15-37-28-48(42(50)40(45)27-32-17-19-34-12-5-7-14-36(34)24-32)38(25-30-9-2-1-3-10-30)29-47(37)41(49)39(44)26-31-16-18-33-11-4-6-13-35(33)23-31/h4-7,11-14,16-19,23-24,30,37-40,46H,1-3,8-10,15,20-22,25-29,43-45H2/t37-,38+,39+,40+/m0/s1. The van der Waals surface area contributed by atoms with Gasteiger partial charge in [0.15, 0.2) is 0 Å². The minimum Gasteiger partial charge on any atom is -0.335 e. The number of hydrogen-bond acceptors (Lipinski definition) is 6. The fourth-order valence-corrected chi connectivity index (χ4v) is 8.28. The largest absolute Gasteiger partial charge is 0.335 e. The molecule has 0 aromatic heterocycles. The van der Waals surface area contributed by atoms with Crippen LogP contribution in [-0.2, 0) is 22.4 Å². The van der Waals surface area contributed by atoms with Gasteiger partial charge in [0.2, 0.25) is 11.8 Å². The zero-order valence-corrected chi connectivity index (χ0v) is 29.5. The average molecular weight is 677 g/mol. The van der Waals surface area contributed by atoms with Gasteiger partial charge in [-0.2, -0.15) is 0 Å². The number of rotatable bonds is 14. The summed E-state index contributed by atoms with van der Waals surface area (Å²) < 4.78 is 0. The molecule has 8 heteroatoms. The number of hydrogen-bond donors (Lipinski definition) is 4. The normalized spacial score (nSPS) is 19.9. The van der Waals surface area contributed by atoms with Crippen molar-refractivity contribution in [2.24, 2.45) is 23.1 Å². The molecule has 1 aliphatic heterocycles. The topological polar surface area (TPSA) is 131 Å². The van der Waals surface area contributed by atoms with Crippen molar-refractivity contribution in [3.05, 3.63) is 96.1 Å². The maximum Gasteiger partial charge on any atom is 0.240 e. The number of fused-ring (bicyclic) bond motifs is 2. The van der Waals surface area contributed by atoms with E-state index in [1.807, 2.05) is 29.2 Å². The summed E-state index contributed by atoms with van der Waals surface area (Å²) in [5.74, 6) is 0.498. The van der Waals surface area contributed by atoms with E-state index in [1.165, 1.54) is 42.9 Å². The van der Waals surface area contributed by atoms with Crippen LogP contribution in [0.4, 0.5) is 0 Å². The molecule has 8 nitrogen and oxygen atoms in total. The average Bonchev–Trinajstić information content (AvgIpc) is 3.14. The Morgan fingerprint density at radius 3 is 1.76 bits per heavy atom. The van der Waals surface area contributed by atoms with E-state index in [0.717, 1.165) is 54.3 Å². The molecule has 2 aliphatic rings. The second kappa shape index (κ2) is 17.4. The van der Waals surface area contributed by atoms with Crippen molar-refractivity contribution in [1.29, 1.82) is 0 Å². The molecule has 6 rings (SSSR count). The maximum atomic E-state index is 14.4. The van der Waals surface area contributed by atoms with Gasteiger partial charge in [-0.25, -0.2) is 0 Å². The number of benzene rings is 4. The minimum absolute atomic E-state index is 0.0159. The van der Waals surface area contributed by atoms with Gasteiger partial charge >= 0.3 is 0 Å². The molecule has 0 unspecified atom stereocenters. The van der Waals surface area contributed by atoms with Gasteiger partial charge in [-0.3, -0.25) is 9.59 Å². The van der Waals surface area contributed by atoms with Crippen LogP contribution in [0, 0.1) is 5.92 Å². The van der Waals surface area contributed by atoms with Crippen LogP contribution in [0.25, 0.3) is 21.5 Å². The summed E-state index contributed by atoms with van der Waals surface area (Å²) in [5.41, 5.74) is 21.4. The minimum atomic E-state index is -0.665. The van der Waals surface area contributed by atoms with Crippen LogP contribution in [0.15, 0.2) is 84.9 Å². The number of carbonyl (C=O) groups excluding carboxylic acids is 2. The lowest BCUT2D eigenvalue weighted by molar-refractivity contribution is -0.149. The van der Waals surface area contributed by atoms with E-state index >= 15 is 0 Å². The highest BCUT2D eigenvalue weighted by atomic mass is 16.2. The van der Waals surface area contributed by atoms with Crippen molar-refractivity contribution < 1.29 is 9.59 Å². The molecular weight excluding hydrogens is 621 g/mol. The first kappa shape index (κ1) is 36.0. The molecule has 4 aromatic rings. The summed E-state index contributed by atoms with van der Waals surface area (Å²) in [6.07, 6.45) is 9.55. The molecule has 50 heavy (non-hydrogen) atoms. The zero-order chi connectivity index (χ0) is 34.9. The Kier molecular flexibility index (Phi) is 12.5. The number of nitrogens with zero attached hydrogens (tertiary/aromatic N) is 2. The molecule has 266 valence electrons. The van der Waals surface area contributed by atoms with Gasteiger partial charge in [0.05, 0.1) is 12.1 Å². The number of nitrogens with one attached hydrogen (secondary N) is 1. The van der Waals surface area contributed by atoms with Crippen LogP contribution >= 0.6 is 0 Å². The Bertz CT molecular complexity index is 1720. The van der Waals surface area contributed by atoms with E-state index in [0.29, 0.717) is 38.4 Å². The first-order chi connectivity index (χ1) is 24.4. The van der Waals surface area contributed by atoms with E-state index in [4.69, 9.17) is 17.2 Å². The van der Waals surface area contributed by atoms with Crippen LogP contribution in [0.3, 0.4) is 0 Å². The number of piperazine rings is 1. The van der Waals surface area contributed by atoms with E-state index in [2.05, 4.69) is 70.9 Å². The van der Waals surface area contributed by atoms with E-state index in [-0.39, 0.29) is 23.9 Å². The number of amides is 2.